The van der Waals surface area contributed by atoms with Crippen molar-refractivity contribution in [1.29, 1.82) is 0 Å². The minimum absolute atomic E-state index is 0.0686. The summed E-state index contributed by atoms with van der Waals surface area (Å²) in [7, 11) is 0. The van der Waals surface area contributed by atoms with Crippen LogP contribution in [0.2, 0.25) is 0 Å². The Bertz CT molecular complexity index is 1350. The molecule has 1 atom stereocenters. The molecule has 1 fully saturated rings. The number of para-hydroxylation sites is 1. The summed E-state index contributed by atoms with van der Waals surface area (Å²) < 4.78 is 11.6. The molecule has 2 N–H and O–H groups in total. The van der Waals surface area contributed by atoms with Gasteiger partial charge in [0.25, 0.3) is 5.91 Å². The van der Waals surface area contributed by atoms with Crippen molar-refractivity contribution in [3.05, 3.63) is 90.4 Å². The number of carboxylic acid groups (broad SMARTS) is 1. The van der Waals surface area contributed by atoms with Crippen LogP contribution in [0.1, 0.15) is 29.8 Å². The normalized spacial score (nSPS) is 17.4. The van der Waals surface area contributed by atoms with Gasteiger partial charge in [-0.1, -0.05) is 30.4 Å². The molecule has 2 aliphatic rings. The molecular weight excluding hydrogens is 498 g/mol. The second kappa shape index (κ2) is 12.3. The molecule has 0 spiro atoms. The number of ether oxygens (including phenoxy) is 2. The summed E-state index contributed by atoms with van der Waals surface area (Å²) in [5.41, 5.74) is 1.07. The number of carboxylic acids is 1. The highest BCUT2D eigenvalue weighted by Gasteiger charge is 2.22. The third-order valence-corrected chi connectivity index (χ3v) is 6.62. The molecule has 3 heterocycles. The fourth-order valence-electron chi connectivity index (χ4n) is 4.42. The van der Waals surface area contributed by atoms with Crippen LogP contribution < -0.4 is 15.0 Å². The second-order valence-electron chi connectivity index (χ2n) is 9.36. The number of amides is 1. The number of piperidine rings is 1. The van der Waals surface area contributed by atoms with Crippen molar-refractivity contribution in [2.24, 2.45) is 5.92 Å². The highest BCUT2D eigenvalue weighted by atomic mass is 16.5. The van der Waals surface area contributed by atoms with Crippen LogP contribution in [0, 0.1) is 5.92 Å². The molecule has 0 saturated carbocycles. The number of hydrogen-bond donors (Lipinski definition) is 2. The topological polar surface area (TPSA) is 127 Å². The Morgan fingerprint density at radius 2 is 1.87 bits per heavy atom. The lowest BCUT2D eigenvalue weighted by Crippen LogP contribution is -2.36. The number of aromatic nitrogens is 3. The lowest BCUT2D eigenvalue weighted by molar-refractivity contribution is -0.132. The lowest BCUT2D eigenvalue weighted by atomic mass is 9.97. The van der Waals surface area contributed by atoms with Crippen LogP contribution in [0.3, 0.4) is 0 Å². The number of hydrogen-bond acceptors (Lipinski definition) is 8. The first-order chi connectivity index (χ1) is 19.0. The Kier molecular flexibility index (Phi) is 8.23. The number of pyridine rings is 1. The minimum Gasteiger partial charge on any atom is -0.478 e. The molecule has 1 aliphatic carbocycles. The number of carbonyl (C=O) groups is 2. The van der Waals surface area contributed by atoms with Gasteiger partial charge in [-0.05, 0) is 61.6 Å². The predicted molar refractivity (Wildman–Crippen MR) is 145 cm³/mol. The zero-order valence-corrected chi connectivity index (χ0v) is 21.3. The van der Waals surface area contributed by atoms with Gasteiger partial charge in [0.2, 0.25) is 0 Å². The first-order valence-electron chi connectivity index (χ1n) is 12.8. The SMILES string of the molecule is O=C(O)C1=CCC(OCC2CCN(c3ccc(NC(=O)c4ccnc(Oc5ccccc5)n4)cn3)CC2)C=C1. The van der Waals surface area contributed by atoms with Crippen LogP contribution in [0.15, 0.2) is 84.7 Å². The van der Waals surface area contributed by atoms with Crippen molar-refractivity contribution >= 4 is 23.4 Å². The van der Waals surface area contributed by atoms with E-state index in [-0.39, 0.29) is 23.7 Å². The molecule has 10 heteroatoms. The van der Waals surface area contributed by atoms with Gasteiger partial charge in [0.05, 0.1) is 30.2 Å². The van der Waals surface area contributed by atoms with E-state index in [2.05, 4.69) is 25.2 Å². The number of rotatable bonds is 9. The molecule has 0 radical (unpaired) electrons. The van der Waals surface area contributed by atoms with Gasteiger partial charge in [-0.2, -0.15) is 4.98 Å². The highest BCUT2D eigenvalue weighted by Crippen LogP contribution is 2.24. The molecular formula is C29H29N5O5. The molecule has 2 aromatic heterocycles. The standard InChI is InChI=1S/C29H29N5O5/c35-27(25-12-15-30-29(33-25)39-24-4-2-1-3-5-24)32-22-8-11-26(31-18-22)34-16-13-20(14-17-34)19-38-23-9-6-21(7-10-23)28(36)37/h1-9,11-12,15,18,20,23H,10,13-14,16-17,19H2,(H,32,35)(H,36,37). The molecule has 5 rings (SSSR count). The van der Waals surface area contributed by atoms with Crippen LogP contribution in [0.4, 0.5) is 11.5 Å². The fraction of sp³-hybridized carbons (Fsp3) is 0.276. The Morgan fingerprint density at radius 1 is 1.05 bits per heavy atom. The van der Waals surface area contributed by atoms with Crippen molar-refractivity contribution in [2.75, 3.05) is 29.9 Å². The van der Waals surface area contributed by atoms with Gasteiger partial charge in [-0.25, -0.2) is 14.8 Å². The Labute approximate surface area is 226 Å². The van der Waals surface area contributed by atoms with Crippen molar-refractivity contribution in [3.8, 4) is 11.8 Å². The summed E-state index contributed by atoms with van der Waals surface area (Å²) in [6.07, 6.45) is 10.7. The van der Waals surface area contributed by atoms with Crippen LogP contribution in [-0.4, -0.2) is 57.7 Å². The highest BCUT2D eigenvalue weighted by molar-refractivity contribution is 6.02. The van der Waals surface area contributed by atoms with E-state index < -0.39 is 5.97 Å². The molecule has 1 saturated heterocycles. The number of benzene rings is 1. The quantitative estimate of drug-likeness (QED) is 0.414. The lowest BCUT2D eigenvalue weighted by Gasteiger charge is -2.33. The van der Waals surface area contributed by atoms with Gasteiger partial charge < -0.3 is 24.8 Å². The van der Waals surface area contributed by atoms with Crippen LogP contribution in [0.25, 0.3) is 0 Å². The fourth-order valence-corrected chi connectivity index (χ4v) is 4.42. The first kappa shape index (κ1) is 26.1. The van der Waals surface area contributed by atoms with E-state index in [1.807, 2.05) is 36.4 Å². The maximum Gasteiger partial charge on any atom is 0.335 e. The number of nitrogens with zero attached hydrogens (tertiary/aromatic N) is 4. The summed E-state index contributed by atoms with van der Waals surface area (Å²) >= 11 is 0. The van der Waals surface area contributed by atoms with Crippen molar-refractivity contribution in [3.63, 3.8) is 0 Å². The van der Waals surface area contributed by atoms with E-state index in [1.165, 1.54) is 12.3 Å². The molecule has 0 bridgehead atoms. The Hall–Kier alpha value is -4.57. The first-order valence-corrected chi connectivity index (χ1v) is 12.8. The maximum absolute atomic E-state index is 12.7. The summed E-state index contributed by atoms with van der Waals surface area (Å²) in [6, 6.07) is 14.5. The van der Waals surface area contributed by atoms with E-state index in [1.54, 1.807) is 30.5 Å². The smallest absolute Gasteiger partial charge is 0.335 e. The molecule has 1 unspecified atom stereocenters. The van der Waals surface area contributed by atoms with E-state index in [0.717, 1.165) is 31.7 Å². The average molecular weight is 528 g/mol. The van der Waals surface area contributed by atoms with Crippen LogP contribution >= 0.6 is 0 Å². The van der Waals surface area contributed by atoms with Gasteiger partial charge in [-0.3, -0.25) is 4.79 Å². The van der Waals surface area contributed by atoms with E-state index in [9.17, 15) is 9.59 Å². The third-order valence-electron chi connectivity index (χ3n) is 6.62. The van der Waals surface area contributed by atoms with Gasteiger partial charge in [0.15, 0.2) is 0 Å². The van der Waals surface area contributed by atoms with Gasteiger partial charge in [0.1, 0.15) is 17.3 Å². The number of carbonyl (C=O) groups excluding carboxylic acids is 1. The zero-order chi connectivity index (χ0) is 27.0. The summed E-state index contributed by atoms with van der Waals surface area (Å²) in [4.78, 5) is 38.8. The zero-order valence-electron chi connectivity index (χ0n) is 21.3. The molecule has 1 aromatic carbocycles. The van der Waals surface area contributed by atoms with Crippen LogP contribution in [0.5, 0.6) is 11.8 Å². The number of aliphatic carboxylic acids is 1. The number of nitrogens with one attached hydrogen (secondary N) is 1. The van der Waals surface area contributed by atoms with E-state index >= 15 is 0 Å². The van der Waals surface area contributed by atoms with Crippen LogP contribution in [-0.2, 0) is 9.53 Å². The molecule has 3 aromatic rings. The van der Waals surface area contributed by atoms with Gasteiger partial charge in [0, 0.05) is 19.3 Å². The molecule has 10 nitrogen and oxygen atoms in total. The minimum atomic E-state index is -0.907. The Balaban J connectivity index is 1.08. The molecule has 39 heavy (non-hydrogen) atoms. The van der Waals surface area contributed by atoms with E-state index in [0.29, 0.717) is 36.0 Å². The largest absolute Gasteiger partial charge is 0.478 e. The monoisotopic (exact) mass is 527 g/mol. The summed E-state index contributed by atoms with van der Waals surface area (Å²) in [5.74, 6) is 0.598. The Morgan fingerprint density at radius 3 is 2.56 bits per heavy atom. The van der Waals surface area contributed by atoms with E-state index in [4.69, 9.17) is 14.6 Å². The van der Waals surface area contributed by atoms with Gasteiger partial charge >= 0.3 is 12.0 Å². The predicted octanol–water partition coefficient (Wildman–Crippen LogP) is 4.49. The molecule has 200 valence electrons. The van der Waals surface area contributed by atoms with Crippen molar-refractivity contribution < 1.29 is 24.2 Å². The maximum atomic E-state index is 12.7. The second-order valence-corrected chi connectivity index (χ2v) is 9.36. The molecule has 1 aliphatic heterocycles. The number of anilines is 2. The average Bonchev–Trinajstić information content (AvgIpc) is 2.98. The van der Waals surface area contributed by atoms with Gasteiger partial charge in [-0.15, -0.1) is 0 Å². The van der Waals surface area contributed by atoms with Crippen molar-refractivity contribution in [2.45, 2.75) is 25.4 Å². The third kappa shape index (κ3) is 7.05. The summed E-state index contributed by atoms with van der Waals surface area (Å²) in [5, 5.41) is 11.9. The van der Waals surface area contributed by atoms with Crippen molar-refractivity contribution in [1.82, 2.24) is 15.0 Å². The molecule has 1 amide bonds. The summed E-state index contributed by atoms with van der Waals surface area (Å²) in [6.45, 7) is 2.38.